The number of aliphatic imine (C=N–C) groups is 1. The molecule has 6 heteroatoms. The predicted molar refractivity (Wildman–Crippen MR) is 94.5 cm³/mol. The average Bonchev–Trinajstić information content (AvgIpc) is 2.90. The molecule has 0 saturated heterocycles. The van der Waals surface area contributed by atoms with Crippen LogP contribution in [0.3, 0.4) is 0 Å². The average molecular weight is 336 g/mol. The summed E-state index contributed by atoms with van der Waals surface area (Å²) < 4.78 is 0.785. The van der Waals surface area contributed by atoms with E-state index in [9.17, 15) is 0 Å². The van der Waals surface area contributed by atoms with Crippen molar-refractivity contribution in [3.05, 3.63) is 50.7 Å². The molecule has 3 rings (SSSR count). The molecule has 0 unspecified atom stereocenters. The van der Waals surface area contributed by atoms with E-state index in [-0.39, 0.29) is 0 Å². The molecule has 0 amide bonds. The Kier molecular flexibility index (Phi) is 4.33. The first-order valence-electron chi connectivity index (χ1n) is 6.49. The van der Waals surface area contributed by atoms with Crippen LogP contribution in [-0.4, -0.2) is 16.6 Å². The number of amidine groups is 1. The maximum Gasteiger partial charge on any atom is 0.182 e. The van der Waals surface area contributed by atoms with Gasteiger partial charge in [-0.2, -0.15) is 5.10 Å². The first-order chi connectivity index (χ1) is 10.1. The Bertz CT molecular complexity index is 734. The molecular formula is C15H14ClN3S2. The quantitative estimate of drug-likeness (QED) is 0.860. The van der Waals surface area contributed by atoms with Crippen molar-refractivity contribution in [1.82, 2.24) is 5.43 Å². The molecule has 0 aliphatic carbocycles. The second-order valence-corrected chi connectivity index (χ2v) is 7.45. The van der Waals surface area contributed by atoms with E-state index < -0.39 is 0 Å². The van der Waals surface area contributed by atoms with Crippen LogP contribution in [0.4, 0.5) is 5.69 Å². The number of aryl methyl sites for hydroxylation is 2. The Morgan fingerprint density at radius 2 is 2.10 bits per heavy atom. The maximum atomic E-state index is 5.96. The molecule has 1 aliphatic heterocycles. The zero-order valence-corrected chi connectivity index (χ0v) is 14.1. The number of hydrazone groups is 1. The minimum atomic E-state index is 0.785. The minimum absolute atomic E-state index is 0.785. The number of nitrogens with zero attached hydrogens (tertiary/aromatic N) is 2. The van der Waals surface area contributed by atoms with Crippen LogP contribution in [0, 0.1) is 13.8 Å². The van der Waals surface area contributed by atoms with Gasteiger partial charge in [-0.1, -0.05) is 35.5 Å². The van der Waals surface area contributed by atoms with Crippen LogP contribution in [0.15, 0.2) is 40.4 Å². The summed E-state index contributed by atoms with van der Waals surface area (Å²) >= 11 is 9.16. The van der Waals surface area contributed by atoms with Crippen LogP contribution in [0.1, 0.15) is 16.0 Å². The molecule has 0 bridgehead atoms. The lowest BCUT2D eigenvalue weighted by molar-refractivity contribution is 1.03. The largest absolute Gasteiger partial charge is 0.255 e. The first kappa shape index (κ1) is 14.6. The Labute approximate surface area is 137 Å². The van der Waals surface area contributed by atoms with Gasteiger partial charge in [0.1, 0.15) is 0 Å². The van der Waals surface area contributed by atoms with Gasteiger partial charge in [-0.3, -0.25) is 5.43 Å². The van der Waals surface area contributed by atoms with Gasteiger partial charge in [0, 0.05) is 5.75 Å². The molecule has 1 N–H and O–H groups in total. The van der Waals surface area contributed by atoms with Crippen molar-refractivity contribution in [3.63, 3.8) is 0 Å². The van der Waals surface area contributed by atoms with E-state index >= 15 is 0 Å². The van der Waals surface area contributed by atoms with Gasteiger partial charge in [0.05, 0.1) is 20.6 Å². The van der Waals surface area contributed by atoms with Crippen LogP contribution < -0.4 is 5.43 Å². The van der Waals surface area contributed by atoms with Crippen LogP contribution in [0.5, 0.6) is 0 Å². The Balaban J connectivity index is 1.80. The molecule has 3 nitrogen and oxygen atoms in total. The van der Waals surface area contributed by atoms with E-state index in [2.05, 4.69) is 47.6 Å². The predicted octanol–water partition coefficient (Wildman–Crippen LogP) is 4.75. The fourth-order valence-electron chi connectivity index (χ4n) is 1.92. The number of hydrogen-bond acceptors (Lipinski definition) is 4. The molecule has 0 saturated carbocycles. The van der Waals surface area contributed by atoms with Gasteiger partial charge >= 0.3 is 0 Å². The van der Waals surface area contributed by atoms with Crippen molar-refractivity contribution in [3.8, 4) is 0 Å². The summed E-state index contributed by atoms with van der Waals surface area (Å²) in [7, 11) is 0. The highest BCUT2D eigenvalue weighted by molar-refractivity contribution is 8.14. The van der Waals surface area contributed by atoms with Crippen molar-refractivity contribution < 1.29 is 0 Å². The molecule has 0 radical (unpaired) electrons. The Morgan fingerprint density at radius 1 is 1.24 bits per heavy atom. The smallest absolute Gasteiger partial charge is 0.182 e. The number of benzene rings is 1. The summed E-state index contributed by atoms with van der Waals surface area (Å²) in [5, 5.41) is 5.24. The molecule has 1 aromatic heterocycles. The van der Waals surface area contributed by atoms with Crippen LogP contribution >= 0.6 is 34.7 Å². The summed E-state index contributed by atoms with van der Waals surface area (Å²) in [6, 6.07) is 10.2. The molecule has 1 aromatic carbocycles. The molecule has 2 aromatic rings. The first-order valence-corrected chi connectivity index (χ1v) is 8.67. The lowest BCUT2D eigenvalue weighted by atomic mass is 10.1. The second-order valence-electron chi connectivity index (χ2n) is 4.77. The monoisotopic (exact) mass is 335 g/mol. The summed E-state index contributed by atoms with van der Waals surface area (Å²) in [6.45, 7) is 4.13. The van der Waals surface area contributed by atoms with E-state index in [4.69, 9.17) is 11.6 Å². The summed E-state index contributed by atoms with van der Waals surface area (Å²) in [6.07, 6.45) is 0. The third-order valence-electron chi connectivity index (χ3n) is 3.08. The number of rotatable bonds is 2. The molecule has 2 heterocycles. The topological polar surface area (TPSA) is 36.8 Å². The third kappa shape index (κ3) is 3.48. The number of thioether (sulfide) groups is 1. The SMILES string of the molecule is Cc1ccc(C)c(N=C2NN=C(c3ccc(Cl)s3)CS2)c1. The van der Waals surface area contributed by atoms with Crippen molar-refractivity contribution in [1.29, 1.82) is 0 Å². The standard InChI is InChI=1S/C15H14ClN3S2/c1-9-3-4-10(2)11(7-9)17-15-19-18-12(8-20-15)13-5-6-14(16)21-13/h3-7H,8H2,1-2H3,(H,17,19). The number of nitrogens with one attached hydrogen (secondary N) is 1. The van der Waals surface area contributed by atoms with Crippen molar-refractivity contribution in [2.45, 2.75) is 13.8 Å². The summed E-state index contributed by atoms with van der Waals surface area (Å²) in [5.74, 6) is 0.799. The van der Waals surface area contributed by atoms with Gasteiger partial charge in [-0.25, -0.2) is 4.99 Å². The highest BCUT2D eigenvalue weighted by Gasteiger charge is 2.15. The molecular weight excluding hydrogens is 322 g/mol. The maximum absolute atomic E-state index is 5.96. The fourth-order valence-corrected chi connectivity index (χ4v) is 3.81. The van der Waals surface area contributed by atoms with E-state index in [0.29, 0.717) is 0 Å². The fraction of sp³-hybridized carbons (Fsp3) is 0.200. The van der Waals surface area contributed by atoms with Crippen molar-refractivity contribution in [2.24, 2.45) is 10.1 Å². The van der Waals surface area contributed by atoms with Crippen molar-refractivity contribution in [2.75, 3.05) is 5.75 Å². The van der Waals surface area contributed by atoms with Gasteiger partial charge < -0.3 is 0 Å². The molecule has 0 atom stereocenters. The highest BCUT2D eigenvalue weighted by atomic mass is 35.5. The lowest BCUT2D eigenvalue weighted by Gasteiger charge is -2.14. The summed E-state index contributed by atoms with van der Waals surface area (Å²) in [4.78, 5) is 5.75. The third-order valence-corrected chi connectivity index (χ3v) is 5.23. The number of hydrogen-bond donors (Lipinski definition) is 1. The van der Waals surface area contributed by atoms with E-state index in [1.807, 2.05) is 12.1 Å². The highest BCUT2D eigenvalue weighted by Crippen LogP contribution is 2.26. The minimum Gasteiger partial charge on any atom is -0.255 e. The van der Waals surface area contributed by atoms with Gasteiger partial charge in [-0.15, -0.1) is 11.3 Å². The normalized spacial score (nSPS) is 16.7. The van der Waals surface area contributed by atoms with Gasteiger partial charge in [0.25, 0.3) is 0 Å². The number of halogens is 1. The second kappa shape index (κ2) is 6.22. The van der Waals surface area contributed by atoms with E-state index in [1.165, 1.54) is 5.56 Å². The molecule has 0 spiro atoms. The van der Waals surface area contributed by atoms with Gasteiger partial charge in [0.2, 0.25) is 0 Å². The van der Waals surface area contributed by atoms with E-state index in [1.54, 1.807) is 23.1 Å². The van der Waals surface area contributed by atoms with E-state index in [0.717, 1.165) is 37.1 Å². The Morgan fingerprint density at radius 3 is 2.76 bits per heavy atom. The Hall–Kier alpha value is -1.30. The van der Waals surface area contributed by atoms with Crippen LogP contribution in [0.25, 0.3) is 0 Å². The molecule has 0 fully saturated rings. The summed E-state index contributed by atoms with van der Waals surface area (Å²) in [5.41, 5.74) is 7.41. The molecule has 21 heavy (non-hydrogen) atoms. The van der Waals surface area contributed by atoms with Crippen LogP contribution in [-0.2, 0) is 0 Å². The molecule has 1 aliphatic rings. The van der Waals surface area contributed by atoms with Gasteiger partial charge in [0.15, 0.2) is 5.17 Å². The zero-order chi connectivity index (χ0) is 14.8. The molecule has 108 valence electrons. The van der Waals surface area contributed by atoms with Crippen LogP contribution in [0.2, 0.25) is 4.34 Å². The number of thiophene rings is 1. The van der Waals surface area contributed by atoms with Crippen molar-refractivity contribution >= 4 is 51.3 Å². The zero-order valence-electron chi connectivity index (χ0n) is 11.7. The lowest BCUT2D eigenvalue weighted by Crippen LogP contribution is -2.24. The van der Waals surface area contributed by atoms with Gasteiger partial charge in [-0.05, 0) is 43.2 Å².